The fourth-order valence-corrected chi connectivity index (χ4v) is 3.55. The summed E-state index contributed by atoms with van der Waals surface area (Å²) >= 11 is 0. The van der Waals surface area contributed by atoms with Gasteiger partial charge in [0, 0.05) is 6.54 Å². The number of carbonyl (C=O) groups is 3. The second-order valence-corrected chi connectivity index (χ2v) is 7.22. The average molecular weight is 405 g/mol. The molecule has 1 atom stereocenters. The molecule has 154 valence electrons. The Balaban J connectivity index is 1.65. The van der Waals surface area contributed by atoms with E-state index in [9.17, 15) is 14.4 Å². The normalized spacial score (nSPS) is 18.3. The number of nitrogens with one attached hydrogen (secondary N) is 2. The highest BCUT2D eigenvalue weighted by molar-refractivity contribution is 6.08. The fourth-order valence-electron chi connectivity index (χ4n) is 3.55. The molecule has 1 aliphatic rings. The number of rotatable bonds is 7. The zero-order valence-electron chi connectivity index (χ0n) is 16.9. The third-order valence-electron chi connectivity index (χ3n) is 5.05. The summed E-state index contributed by atoms with van der Waals surface area (Å²) in [5.74, 6) is -1.00. The molecule has 8 heteroatoms. The highest BCUT2D eigenvalue weighted by Crippen LogP contribution is 2.31. The number of nitrogens with zero attached hydrogens (tertiary/aromatic N) is 3. The molecule has 2 N–H and O–H groups in total. The number of hydrazine groups is 1. The van der Waals surface area contributed by atoms with Crippen LogP contribution in [0.1, 0.15) is 30.0 Å². The standard InChI is InChI=1S/C22H23N5O3/c1-3-22(18-10-5-4-6-11-18)20(29)27(21(30)24-22)25-19(28)15-26(2)14-17-9-7-8-16(12-17)13-23/h4-12H,3,14-15H2,1-2H3,(H,24,30)(H,25,28). The predicted octanol–water partition coefficient (Wildman–Crippen LogP) is 1.88. The molecule has 1 saturated heterocycles. The van der Waals surface area contributed by atoms with Gasteiger partial charge in [-0.25, -0.2) is 4.79 Å². The average Bonchev–Trinajstić information content (AvgIpc) is 2.99. The zero-order valence-corrected chi connectivity index (χ0v) is 16.9. The highest BCUT2D eigenvalue weighted by Gasteiger charge is 2.52. The highest BCUT2D eigenvalue weighted by atomic mass is 16.2. The molecular weight excluding hydrogens is 382 g/mol. The quantitative estimate of drug-likeness (QED) is 0.684. The summed E-state index contributed by atoms with van der Waals surface area (Å²) in [5.41, 5.74) is 3.31. The van der Waals surface area contributed by atoms with Gasteiger partial charge >= 0.3 is 6.03 Å². The number of carbonyl (C=O) groups excluding carboxylic acids is 3. The van der Waals surface area contributed by atoms with E-state index in [1.807, 2.05) is 12.1 Å². The Morgan fingerprint density at radius 2 is 1.93 bits per heavy atom. The van der Waals surface area contributed by atoms with Crippen LogP contribution in [0.4, 0.5) is 4.79 Å². The molecule has 2 aromatic rings. The van der Waals surface area contributed by atoms with E-state index in [1.54, 1.807) is 61.3 Å². The van der Waals surface area contributed by atoms with Crippen molar-refractivity contribution in [1.82, 2.24) is 20.7 Å². The Kier molecular flexibility index (Phi) is 6.14. The van der Waals surface area contributed by atoms with Crippen molar-refractivity contribution in [3.05, 3.63) is 71.3 Å². The zero-order chi connectivity index (χ0) is 21.7. The summed E-state index contributed by atoms with van der Waals surface area (Å²) < 4.78 is 0. The van der Waals surface area contributed by atoms with Gasteiger partial charge in [-0.2, -0.15) is 10.3 Å². The van der Waals surface area contributed by atoms with Crippen molar-refractivity contribution in [2.24, 2.45) is 0 Å². The Morgan fingerprint density at radius 1 is 1.20 bits per heavy atom. The Morgan fingerprint density at radius 3 is 2.60 bits per heavy atom. The summed E-state index contributed by atoms with van der Waals surface area (Å²) in [4.78, 5) is 39.7. The maximum Gasteiger partial charge on any atom is 0.344 e. The first kappa shape index (κ1) is 21.0. The summed E-state index contributed by atoms with van der Waals surface area (Å²) in [6, 6.07) is 17.5. The van der Waals surface area contributed by atoms with E-state index in [4.69, 9.17) is 5.26 Å². The summed E-state index contributed by atoms with van der Waals surface area (Å²) in [7, 11) is 1.74. The van der Waals surface area contributed by atoms with Crippen molar-refractivity contribution in [1.29, 1.82) is 5.26 Å². The second-order valence-electron chi connectivity index (χ2n) is 7.22. The van der Waals surface area contributed by atoms with E-state index < -0.39 is 23.4 Å². The van der Waals surface area contributed by atoms with Crippen LogP contribution >= 0.6 is 0 Å². The van der Waals surface area contributed by atoms with E-state index in [1.165, 1.54) is 0 Å². The minimum atomic E-state index is -1.20. The van der Waals surface area contributed by atoms with Gasteiger partial charge in [0.25, 0.3) is 11.8 Å². The topological polar surface area (TPSA) is 106 Å². The van der Waals surface area contributed by atoms with Crippen molar-refractivity contribution in [2.45, 2.75) is 25.4 Å². The number of likely N-dealkylation sites (N-methyl/N-ethyl adjacent to an activating group) is 1. The molecule has 2 aromatic carbocycles. The van der Waals surface area contributed by atoms with Gasteiger partial charge in [-0.3, -0.25) is 19.9 Å². The molecular formula is C22H23N5O3. The van der Waals surface area contributed by atoms with Gasteiger partial charge in [-0.1, -0.05) is 49.4 Å². The van der Waals surface area contributed by atoms with Crippen molar-refractivity contribution < 1.29 is 14.4 Å². The van der Waals surface area contributed by atoms with Gasteiger partial charge in [0.05, 0.1) is 18.2 Å². The number of amides is 4. The van der Waals surface area contributed by atoms with E-state index in [0.29, 0.717) is 24.1 Å². The second kappa shape index (κ2) is 8.76. The molecule has 4 amide bonds. The van der Waals surface area contributed by atoms with Gasteiger partial charge < -0.3 is 5.32 Å². The molecule has 0 bridgehead atoms. The third kappa shape index (κ3) is 4.16. The maximum atomic E-state index is 13.0. The lowest BCUT2D eigenvalue weighted by atomic mass is 9.87. The minimum Gasteiger partial charge on any atom is -0.318 e. The van der Waals surface area contributed by atoms with Crippen molar-refractivity contribution >= 4 is 17.8 Å². The molecule has 30 heavy (non-hydrogen) atoms. The lowest BCUT2D eigenvalue weighted by Crippen LogP contribution is -2.50. The van der Waals surface area contributed by atoms with E-state index in [0.717, 1.165) is 10.6 Å². The van der Waals surface area contributed by atoms with Crippen LogP contribution in [-0.2, 0) is 21.7 Å². The van der Waals surface area contributed by atoms with Crippen LogP contribution < -0.4 is 10.7 Å². The molecule has 8 nitrogen and oxygen atoms in total. The van der Waals surface area contributed by atoms with Crippen molar-refractivity contribution in [3.8, 4) is 6.07 Å². The number of benzene rings is 2. The first-order valence-corrected chi connectivity index (χ1v) is 9.59. The molecule has 0 spiro atoms. The fraction of sp³-hybridized carbons (Fsp3) is 0.273. The van der Waals surface area contributed by atoms with E-state index >= 15 is 0 Å². The van der Waals surface area contributed by atoms with Crippen LogP contribution in [0.25, 0.3) is 0 Å². The molecule has 1 heterocycles. The van der Waals surface area contributed by atoms with Gasteiger partial charge in [-0.15, -0.1) is 0 Å². The van der Waals surface area contributed by atoms with Crippen LogP contribution in [0.3, 0.4) is 0 Å². The van der Waals surface area contributed by atoms with Crippen molar-refractivity contribution in [3.63, 3.8) is 0 Å². The number of hydrogen-bond acceptors (Lipinski definition) is 5. The molecule has 0 aromatic heterocycles. The molecule has 3 rings (SSSR count). The first-order chi connectivity index (χ1) is 14.4. The molecule has 1 unspecified atom stereocenters. The molecule has 1 fully saturated rings. The van der Waals surface area contributed by atoms with Gasteiger partial charge in [0.1, 0.15) is 5.54 Å². The molecule has 0 aliphatic carbocycles. The maximum absolute atomic E-state index is 13.0. The SMILES string of the molecule is CCC1(c2ccccc2)NC(=O)N(NC(=O)CN(C)Cc2cccc(C#N)c2)C1=O. The van der Waals surface area contributed by atoms with Crippen LogP contribution in [0.5, 0.6) is 0 Å². The van der Waals surface area contributed by atoms with Gasteiger partial charge in [0.2, 0.25) is 0 Å². The summed E-state index contributed by atoms with van der Waals surface area (Å²) in [6.07, 6.45) is 0.350. The Labute approximate surface area is 175 Å². The van der Waals surface area contributed by atoms with E-state index in [-0.39, 0.29) is 6.54 Å². The number of imide groups is 1. The van der Waals surface area contributed by atoms with E-state index in [2.05, 4.69) is 16.8 Å². The summed E-state index contributed by atoms with van der Waals surface area (Å²) in [6.45, 7) is 2.21. The smallest absolute Gasteiger partial charge is 0.318 e. The summed E-state index contributed by atoms with van der Waals surface area (Å²) in [5, 5.41) is 12.5. The van der Waals surface area contributed by atoms with Crippen molar-refractivity contribution in [2.75, 3.05) is 13.6 Å². The monoisotopic (exact) mass is 405 g/mol. The first-order valence-electron chi connectivity index (χ1n) is 9.59. The number of nitriles is 1. The molecule has 0 radical (unpaired) electrons. The lowest BCUT2D eigenvalue weighted by molar-refractivity contribution is -0.139. The Hall–Kier alpha value is -3.70. The largest absolute Gasteiger partial charge is 0.344 e. The molecule has 1 aliphatic heterocycles. The van der Waals surface area contributed by atoms with Gasteiger partial charge in [0.15, 0.2) is 0 Å². The van der Waals surface area contributed by atoms with Crippen LogP contribution in [0.15, 0.2) is 54.6 Å². The Bertz CT molecular complexity index is 1000. The van der Waals surface area contributed by atoms with Crippen LogP contribution in [-0.4, -0.2) is 41.3 Å². The van der Waals surface area contributed by atoms with Crippen LogP contribution in [0, 0.1) is 11.3 Å². The third-order valence-corrected chi connectivity index (χ3v) is 5.05. The van der Waals surface area contributed by atoms with Gasteiger partial charge in [-0.05, 0) is 36.7 Å². The molecule has 0 saturated carbocycles. The predicted molar refractivity (Wildman–Crippen MR) is 109 cm³/mol. The van der Waals surface area contributed by atoms with Crippen LogP contribution in [0.2, 0.25) is 0 Å². The minimum absolute atomic E-state index is 0.0295. The number of hydrogen-bond donors (Lipinski definition) is 2. The lowest BCUT2D eigenvalue weighted by Gasteiger charge is -2.25. The number of urea groups is 1.